The van der Waals surface area contributed by atoms with Gasteiger partial charge in [-0.15, -0.1) is 0 Å². The van der Waals surface area contributed by atoms with E-state index in [1.54, 1.807) is 13.1 Å². The highest BCUT2D eigenvalue weighted by Gasteiger charge is 2.11. The lowest BCUT2D eigenvalue weighted by atomic mass is 10.1. The molecule has 0 unspecified atom stereocenters. The summed E-state index contributed by atoms with van der Waals surface area (Å²) in [4.78, 5) is 0. The maximum Gasteiger partial charge on any atom is 0.175 e. The Bertz CT molecular complexity index is 525. The quantitative estimate of drug-likeness (QED) is 0.756. The van der Waals surface area contributed by atoms with Crippen molar-refractivity contribution in [1.29, 1.82) is 0 Å². The zero-order chi connectivity index (χ0) is 11.0. The molecule has 2 aromatic carbocycles. The summed E-state index contributed by atoms with van der Waals surface area (Å²) in [5.74, 6) is -2.16. The van der Waals surface area contributed by atoms with Gasteiger partial charge in [-0.3, -0.25) is 0 Å². The number of aromatic hydroxyl groups is 1. The number of hydrogen-bond donors (Lipinski definition) is 2. The van der Waals surface area contributed by atoms with Crippen LogP contribution in [-0.2, 0) is 0 Å². The second-order valence-corrected chi connectivity index (χ2v) is 3.20. The van der Waals surface area contributed by atoms with E-state index in [2.05, 4.69) is 5.32 Å². The van der Waals surface area contributed by atoms with Crippen LogP contribution in [0.5, 0.6) is 5.75 Å². The first-order valence-corrected chi connectivity index (χ1v) is 4.42. The number of anilines is 1. The van der Waals surface area contributed by atoms with Crippen molar-refractivity contribution in [2.45, 2.75) is 0 Å². The molecule has 0 amide bonds. The van der Waals surface area contributed by atoms with Gasteiger partial charge in [0.05, 0.1) is 5.39 Å². The van der Waals surface area contributed by atoms with E-state index >= 15 is 0 Å². The summed E-state index contributed by atoms with van der Waals surface area (Å²) < 4.78 is 26.9. The van der Waals surface area contributed by atoms with Crippen molar-refractivity contribution in [3.8, 4) is 5.75 Å². The first-order chi connectivity index (χ1) is 7.13. The topological polar surface area (TPSA) is 32.3 Å². The monoisotopic (exact) mass is 209 g/mol. The highest BCUT2D eigenvalue weighted by Crippen LogP contribution is 2.29. The smallest absolute Gasteiger partial charge is 0.175 e. The molecular weight excluding hydrogens is 200 g/mol. The third-order valence-corrected chi connectivity index (χ3v) is 2.27. The van der Waals surface area contributed by atoms with E-state index in [1.807, 2.05) is 0 Å². The molecular formula is C11H9F2NO. The largest absolute Gasteiger partial charge is 0.505 e. The van der Waals surface area contributed by atoms with Crippen molar-refractivity contribution in [3.05, 3.63) is 35.9 Å². The van der Waals surface area contributed by atoms with Gasteiger partial charge in [-0.25, -0.2) is 8.78 Å². The van der Waals surface area contributed by atoms with Crippen molar-refractivity contribution in [1.82, 2.24) is 0 Å². The van der Waals surface area contributed by atoms with Crippen molar-refractivity contribution in [2.24, 2.45) is 0 Å². The van der Waals surface area contributed by atoms with E-state index in [9.17, 15) is 8.78 Å². The fraction of sp³-hybridized carbons (Fsp3) is 0.0909. The molecule has 2 N–H and O–H groups in total. The summed E-state index contributed by atoms with van der Waals surface area (Å²) in [7, 11) is 1.65. The van der Waals surface area contributed by atoms with Gasteiger partial charge >= 0.3 is 0 Å². The maximum atomic E-state index is 13.5. The van der Waals surface area contributed by atoms with Gasteiger partial charge in [-0.1, -0.05) is 6.07 Å². The average Bonchev–Trinajstić information content (AvgIpc) is 2.23. The van der Waals surface area contributed by atoms with E-state index in [-0.39, 0.29) is 5.39 Å². The van der Waals surface area contributed by atoms with Crippen LogP contribution in [0.15, 0.2) is 24.3 Å². The molecule has 0 fully saturated rings. The molecule has 0 aliphatic rings. The fourth-order valence-corrected chi connectivity index (χ4v) is 1.51. The molecule has 2 rings (SSSR count). The minimum atomic E-state index is -0.923. The Kier molecular flexibility index (Phi) is 2.19. The molecule has 0 heterocycles. The summed E-state index contributed by atoms with van der Waals surface area (Å²) in [6, 6.07) is 5.47. The molecule has 78 valence electrons. The summed E-state index contributed by atoms with van der Waals surface area (Å²) in [6.45, 7) is 0. The average molecular weight is 209 g/mol. The number of halogens is 2. The van der Waals surface area contributed by atoms with Gasteiger partial charge in [0.2, 0.25) is 0 Å². The summed E-state index contributed by atoms with van der Waals surface area (Å²) in [5, 5.41) is 12.1. The number of nitrogens with one attached hydrogen (secondary N) is 1. The minimum absolute atomic E-state index is 0.186. The summed E-state index contributed by atoms with van der Waals surface area (Å²) in [6.07, 6.45) is 0. The molecule has 2 nitrogen and oxygen atoms in total. The molecule has 0 aliphatic heterocycles. The molecule has 0 radical (unpaired) electrons. The molecule has 4 heteroatoms. The summed E-state index contributed by atoms with van der Waals surface area (Å²) in [5.41, 5.74) is 0.560. The lowest BCUT2D eigenvalue weighted by Gasteiger charge is -2.06. The second kappa shape index (κ2) is 3.38. The van der Waals surface area contributed by atoms with Crippen LogP contribution in [0.25, 0.3) is 10.8 Å². The van der Waals surface area contributed by atoms with Crippen molar-refractivity contribution in [2.75, 3.05) is 12.4 Å². The van der Waals surface area contributed by atoms with Gasteiger partial charge in [-0.05, 0) is 23.6 Å². The molecule has 15 heavy (non-hydrogen) atoms. The van der Waals surface area contributed by atoms with Crippen LogP contribution in [-0.4, -0.2) is 12.2 Å². The Balaban J connectivity index is 2.85. The Labute approximate surface area is 85.2 Å². The molecule has 0 saturated carbocycles. The molecule has 0 aromatic heterocycles. The van der Waals surface area contributed by atoms with Gasteiger partial charge < -0.3 is 10.4 Å². The first-order valence-electron chi connectivity index (χ1n) is 4.42. The predicted molar refractivity (Wildman–Crippen MR) is 55.1 cm³/mol. The van der Waals surface area contributed by atoms with Crippen molar-refractivity contribution >= 4 is 16.5 Å². The summed E-state index contributed by atoms with van der Waals surface area (Å²) >= 11 is 0. The highest BCUT2D eigenvalue weighted by molar-refractivity contribution is 5.88. The second-order valence-electron chi connectivity index (χ2n) is 3.20. The van der Waals surface area contributed by atoms with Crippen LogP contribution in [0.2, 0.25) is 0 Å². The zero-order valence-corrected chi connectivity index (χ0v) is 8.01. The molecule has 2 aromatic rings. The van der Waals surface area contributed by atoms with Crippen LogP contribution in [0.4, 0.5) is 14.5 Å². The van der Waals surface area contributed by atoms with Gasteiger partial charge in [0.15, 0.2) is 11.6 Å². The Morgan fingerprint density at radius 2 is 1.93 bits per heavy atom. The third kappa shape index (κ3) is 1.48. The van der Waals surface area contributed by atoms with Crippen molar-refractivity contribution < 1.29 is 13.9 Å². The minimum Gasteiger partial charge on any atom is -0.505 e. The molecule has 0 spiro atoms. The zero-order valence-electron chi connectivity index (χ0n) is 8.01. The maximum absolute atomic E-state index is 13.5. The number of phenolic OH excluding ortho intramolecular Hbond substituents is 1. The molecule has 0 bridgehead atoms. The van der Waals surface area contributed by atoms with Crippen LogP contribution >= 0.6 is 0 Å². The van der Waals surface area contributed by atoms with Crippen LogP contribution in [0, 0.1) is 11.6 Å². The number of rotatable bonds is 1. The lowest BCUT2D eigenvalue weighted by molar-refractivity contribution is 0.435. The van der Waals surface area contributed by atoms with E-state index < -0.39 is 17.4 Å². The standard InChI is InChI=1S/C11H9F2NO/c1-14-7-4-6-2-3-9(15)11(13)10(6)8(12)5-7/h2-5,14-15H,1H3. The molecule has 0 atom stereocenters. The van der Waals surface area contributed by atoms with Gasteiger partial charge in [-0.2, -0.15) is 0 Å². The SMILES string of the molecule is CNc1cc(F)c2c(F)c(O)ccc2c1. The van der Waals surface area contributed by atoms with Gasteiger partial charge in [0.1, 0.15) is 5.82 Å². The fourth-order valence-electron chi connectivity index (χ4n) is 1.51. The highest BCUT2D eigenvalue weighted by atomic mass is 19.1. The van der Waals surface area contributed by atoms with Crippen LogP contribution in [0.3, 0.4) is 0 Å². The van der Waals surface area contributed by atoms with Gasteiger partial charge in [0.25, 0.3) is 0 Å². The molecule has 0 saturated heterocycles. The van der Waals surface area contributed by atoms with E-state index in [0.717, 1.165) is 0 Å². The third-order valence-electron chi connectivity index (χ3n) is 2.27. The Morgan fingerprint density at radius 3 is 2.60 bits per heavy atom. The predicted octanol–water partition coefficient (Wildman–Crippen LogP) is 2.87. The lowest BCUT2D eigenvalue weighted by Crippen LogP contribution is -1.92. The van der Waals surface area contributed by atoms with E-state index in [1.165, 1.54) is 18.2 Å². The first kappa shape index (κ1) is 9.71. The molecule has 0 aliphatic carbocycles. The Hall–Kier alpha value is -1.84. The van der Waals surface area contributed by atoms with E-state index in [4.69, 9.17) is 5.11 Å². The number of phenols is 1. The van der Waals surface area contributed by atoms with Gasteiger partial charge in [0, 0.05) is 12.7 Å². The van der Waals surface area contributed by atoms with Crippen LogP contribution < -0.4 is 5.32 Å². The van der Waals surface area contributed by atoms with Crippen molar-refractivity contribution in [3.63, 3.8) is 0 Å². The number of benzene rings is 2. The van der Waals surface area contributed by atoms with E-state index in [0.29, 0.717) is 11.1 Å². The number of hydrogen-bond acceptors (Lipinski definition) is 2. The normalized spacial score (nSPS) is 10.6. The Morgan fingerprint density at radius 1 is 1.20 bits per heavy atom. The van der Waals surface area contributed by atoms with Crippen LogP contribution in [0.1, 0.15) is 0 Å². The number of fused-ring (bicyclic) bond motifs is 1.